The van der Waals surface area contributed by atoms with Crippen molar-refractivity contribution in [1.29, 1.82) is 0 Å². The van der Waals surface area contributed by atoms with Gasteiger partial charge in [0.15, 0.2) is 28.2 Å². The molecule has 2 amide bonds. The van der Waals surface area contributed by atoms with Crippen LogP contribution >= 0.6 is 11.8 Å². The number of rotatable bonds is 13. The first-order valence-electron chi connectivity index (χ1n) is 13.8. The Bertz CT molecular complexity index is 1490. The predicted octanol–water partition coefficient (Wildman–Crippen LogP) is 3.74. The molecule has 1 aromatic heterocycles. The third-order valence-corrected chi connectivity index (χ3v) is 7.95. The number of hydrogen-bond acceptors (Lipinski definition) is 9. The molecule has 0 aliphatic carbocycles. The summed E-state index contributed by atoms with van der Waals surface area (Å²) >= 11 is 1.24. The molecule has 0 fully saturated rings. The lowest BCUT2D eigenvalue weighted by Crippen LogP contribution is -2.33. The topological polar surface area (TPSA) is 130 Å². The van der Waals surface area contributed by atoms with E-state index in [4.69, 9.17) is 23.9 Å². The van der Waals surface area contributed by atoms with E-state index in [1.807, 2.05) is 32.0 Å². The standard InChI is InChI=1S/C29H34N4O7S/c1-3-18(2)31-27(35)15-41-29-32-21-13-25-24(39-17-40-25)12-20(21)28(36)33(29)10-6-4-5-7-26(34)30-14-19-8-9-22-23(11-19)38-16-37-22/h8-9,11-13,18H,3-7,10,14-17H2,1-2H3,(H,30,34)(H,31,35)/t18-/m1/s1. The highest BCUT2D eigenvalue weighted by molar-refractivity contribution is 7.99. The first-order chi connectivity index (χ1) is 19.9. The second-order valence-electron chi connectivity index (χ2n) is 10.0. The summed E-state index contributed by atoms with van der Waals surface area (Å²) in [7, 11) is 0. The molecule has 0 radical (unpaired) electrons. The molecule has 0 saturated carbocycles. The van der Waals surface area contributed by atoms with Crippen LogP contribution in [0, 0.1) is 0 Å². The van der Waals surface area contributed by atoms with Gasteiger partial charge in [0.25, 0.3) is 5.56 Å². The van der Waals surface area contributed by atoms with E-state index in [0.29, 0.717) is 71.4 Å². The molecule has 5 rings (SSSR count). The number of unbranched alkanes of at least 4 members (excludes halogenated alkanes) is 2. The Morgan fingerprint density at radius 3 is 2.49 bits per heavy atom. The van der Waals surface area contributed by atoms with Crippen molar-refractivity contribution in [2.75, 3.05) is 19.3 Å². The van der Waals surface area contributed by atoms with Crippen LogP contribution in [-0.4, -0.2) is 46.7 Å². The molecule has 2 aliphatic rings. The molecule has 0 saturated heterocycles. The maximum Gasteiger partial charge on any atom is 0.262 e. The predicted molar refractivity (Wildman–Crippen MR) is 154 cm³/mol. The number of carbonyl (C=O) groups excluding carboxylic acids is 2. The quantitative estimate of drug-likeness (QED) is 0.176. The Balaban J connectivity index is 1.17. The number of nitrogens with one attached hydrogen (secondary N) is 2. The molecule has 12 heteroatoms. The van der Waals surface area contributed by atoms with Gasteiger partial charge in [-0.15, -0.1) is 0 Å². The fourth-order valence-corrected chi connectivity index (χ4v) is 5.36. The molecule has 3 heterocycles. The molecule has 0 spiro atoms. The van der Waals surface area contributed by atoms with E-state index in [-0.39, 0.29) is 42.8 Å². The molecule has 2 aromatic carbocycles. The molecule has 3 aromatic rings. The van der Waals surface area contributed by atoms with Gasteiger partial charge in [0.05, 0.1) is 16.7 Å². The smallest absolute Gasteiger partial charge is 0.262 e. The van der Waals surface area contributed by atoms with Gasteiger partial charge in [-0.05, 0) is 49.9 Å². The molecule has 41 heavy (non-hydrogen) atoms. The highest BCUT2D eigenvalue weighted by Crippen LogP contribution is 2.35. The molecule has 2 aliphatic heterocycles. The van der Waals surface area contributed by atoms with Gasteiger partial charge >= 0.3 is 0 Å². The third kappa shape index (κ3) is 7.05. The van der Waals surface area contributed by atoms with E-state index in [1.54, 1.807) is 16.7 Å². The van der Waals surface area contributed by atoms with Crippen molar-refractivity contribution in [3.05, 3.63) is 46.2 Å². The summed E-state index contributed by atoms with van der Waals surface area (Å²) in [4.78, 5) is 43.0. The monoisotopic (exact) mass is 582 g/mol. The van der Waals surface area contributed by atoms with Gasteiger partial charge in [0.2, 0.25) is 25.4 Å². The summed E-state index contributed by atoms with van der Waals surface area (Å²) < 4.78 is 23.2. The maximum atomic E-state index is 13.5. The minimum atomic E-state index is -0.195. The highest BCUT2D eigenvalue weighted by Gasteiger charge is 2.20. The van der Waals surface area contributed by atoms with Crippen molar-refractivity contribution < 1.29 is 28.5 Å². The van der Waals surface area contributed by atoms with Crippen LogP contribution in [0.3, 0.4) is 0 Å². The summed E-state index contributed by atoms with van der Waals surface area (Å²) in [5.74, 6) is 2.47. The van der Waals surface area contributed by atoms with Crippen LogP contribution in [0.4, 0.5) is 0 Å². The van der Waals surface area contributed by atoms with Crippen molar-refractivity contribution in [3.63, 3.8) is 0 Å². The van der Waals surface area contributed by atoms with Crippen molar-refractivity contribution in [2.24, 2.45) is 0 Å². The third-order valence-electron chi connectivity index (χ3n) is 6.98. The Labute approximate surface area is 241 Å². The Morgan fingerprint density at radius 2 is 1.71 bits per heavy atom. The van der Waals surface area contributed by atoms with Crippen LogP contribution in [0.15, 0.2) is 40.3 Å². The highest BCUT2D eigenvalue weighted by atomic mass is 32.2. The van der Waals surface area contributed by atoms with Gasteiger partial charge in [-0.1, -0.05) is 31.2 Å². The van der Waals surface area contributed by atoms with Crippen LogP contribution in [0.1, 0.15) is 51.5 Å². The summed E-state index contributed by atoms with van der Waals surface area (Å²) in [6.45, 7) is 5.11. The van der Waals surface area contributed by atoms with Gasteiger partial charge in [-0.2, -0.15) is 0 Å². The number of fused-ring (bicyclic) bond motifs is 3. The van der Waals surface area contributed by atoms with Crippen molar-refractivity contribution in [3.8, 4) is 23.0 Å². The first-order valence-corrected chi connectivity index (χ1v) is 14.8. The fraction of sp³-hybridized carbons (Fsp3) is 0.448. The van der Waals surface area contributed by atoms with E-state index in [1.165, 1.54) is 11.8 Å². The maximum absolute atomic E-state index is 13.5. The Morgan fingerprint density at radius 1 is 0.976 bits per heavy atom. The van der Waals surface area contributed by atoms with Crippen molar-refractivity contribution in [1.82, 2.24) is 20.2 Å². The normalized spacial score (nSPS) is 13.8. The van der Waals surface area contributed by atoms with Crippen LogP contribution in [0.5, 0.6) is 23.0 Å². The second-order valence-corrected chi connectivity index (χ2v) is 11.0. The number of nitrogens with zero attached hydrogens (tertiary/aromatic N) is 2. The van der Waals surface area contributed by atoms with Gasteiger partial charge in [0, 0.05) is 31.6 Å². The molecule has 0 bridgehead atoms. The van der Waals surface area contributed by atoms with E-state index in [0.717, 1.165) is 18.4 Å². The molecular formula is C29H34N4O7S. The lowest BCUT2D eigenvalue weighted by Gasteiger charge is -2.15. The number of benzene rings is 2. The fourth-order valence-electron chi connectivity index (χ4n) is 4.52. The van der Waals surface area contributed by atoms with E-state index >= 15 is 0 Å². The lowest BCUT2D eigenvalue weighted by atomic mass is 10.1. The first kappa shape index (κ1) is 28.6. The minimum absolute atomic E-state index is 0.0353. The van der Waals surface area contributed by atoms with Gasteiger partial charge in [0.1, 0.15) is 0 Å². The number of aromatic nitrogens is 2. The van der Waals surface area contributed by atoms with Gasteiger partial charge in [-0.25, -0.2) is 4.98 Å². The number of amides is 2. The van der Waals surface area contributed by atoms with Crippen LogP contribution in [0.2, 0.25) is 0 Å². The van der Waals surface area contributed by atoms with Crippen molar-refractivity contribution in [2.45, 2.75) is 70.2 Å². The second kappa shape index (κ2) is 13.2. The van der Waals surface area contributed by atoms with Crippen LogP contribution in [-0.2, 0) is 22.7 Å². The van der Waals surface area contributed by atoms with Crippen LogP contribution < -0.4 is 35.1 Å². The number of hydrogen-bond donors (Lipinski definition) is 2. The lowest BCUT2D eigenvalue weighted by molar-refractivity contribution is -0.121. The molecule has 1 atom stereocenters. The van der Waals surface area contributed by atoms with Crippen LogP contribution in [0.25, 0.3) is 10.9 Å². The summed E-state index contributed by atoms with van der Waals surface area (Å²) in [5, 5.41) is 6.79. The number of ether oxygens (including phenoxy) is 4. The Kier molecular flexibility index (Phi) is 9.17. The zero-order chi connectivity index (χ0) is 28.8. The SMILES string of the molecule is CC[C@@H](C)NC(=O)CSc1nc2cc3c(cc2c(=O)n1CCCCCC(=O)NCc1ccc2c(c1)OCO2)OCO3. The van der Waals surface area contributed by atoms with E-state index in [9.17, 15) is 14.4 Å². The summed E-state index contributed by atoms with van der Waals surface area (Å²) in [6, 6.07) is 9.05. The molecular weight excluding hydrogens is 548 g/mol. The summed E-state index contributed by atoms with van der Waals surface area (Å²) in [6.07, 6.45) is 3.33. The summed E-state index contributed by atoms with van der Waals surface area (Å²) in [5.41, 5.74) is 1.25. The zero-order valence-electron chi connectivity index (χ0n) is 23.2. The largest absolute Gasteiger partial charge is 0.454 e. The number of thioether (sulfide) groups is 1. The van der Waals surface area contributed by atoms with E-state index in [2.05, 4.69) is 10.6 Å². The number of carbonyl (C=O) groups is 2. The average Bonchev–Trinajstić information content (AvgIpc) is 3.63. The minimum Gasteiger partial charge on any atom is -0.454 e. The average molecular weight is 583 g/mol. The Hall–Kier alpha value is -3.93. The molecule has 11 nitrogen and oxygen atoms in total. The molecule has 0 unspecified atom stereocenters. The zero-order valence-corrected chi connectivity index (χ0v) is 24.0. The van der Waals surface area contributed by atoms with Gasteiger partial charge in [-0.3, -0.25) is 19.0 Å². The molecule has 2 N–H and O–H groups in total. The van der Waals surface area contributed by atoms with Gasteiger partial charge < -0.3 is 29.6 Å². The van der Waals surface area contributed by atoms with Crippen molar-refractivity contribution >= 4 is 34.5 Å². The molecule has 218 valence electrons. The van der Waals surface area contributed by atoms with E-state index < -0.39 is 0 Å².